The van der Waals surface area contributed by atoms with Gasteiger partial charge in [-0.2, -0.15) is 5.10 Å². The summed E-state index contributed by atoms with van der Waals surface area (Å²) < 4.78 is 0. The van der Waals surface area contributed by atoms with Crippen LogP contribution in [-0.4, -0.2) is 32.8 Å². The lowest BCUT2D eigenvalue weighted by Gasteiger charge is -2.24. The van der Waals surface area contributed by atoms with Gasteiger partial charge in [0, 0.05) is 29.8 Å². The van der Waals surface area contributed by atoms with E-state index >= 15 is 0 Å². The van der Waals surface area contributed by atoms with E-state index in [0.29, 0.717) is 19.5 Å². The maximum Gasteiger partial charge on any atom is 0.407 e. The van der Waals surface area contributed by atoms with Gasteiger partial charge in [0.05, 0.1) is 12.2 Å². The van der Waals surface area contributed by atoms with Crippen molar-refractivity contribution < 1.29 is 9.90 Å². The van der Waals surface area contributed by atoms with Gasteiger partial charge in [0.1, 0.15) is 0 Å². The molecule has 120 valence electrons. The molecular weight excluding hydrogens is 302 g/mol. The normalized spacial score (nSPS) is 13.6. The van der Waals surface area contributed by atoms with Crippen LogP contribution in [0.15, 0.2) is 54.6 Å². The van der Waals surface area contributed by atoms with Crippen LogP contribution >= 0.6 is 0 Å². The predicted octanol–water partition coefficient (Wildman–Crippen LogP) is 3.78. The number of nitrogens with one attached hydrogen (secondary N) is 1. The van der Waals surface area contributed by atoms with Gasteiger partial charge >= 0.3 is 6.09 Å². The average molecular weight is 319 g/mol. The number of hydrogen-bond acceptors (Lipinski definition) is 2. The van der Waals surface area contributed by atoms with Crippen molar-refractivity contribution in [2.45, 2.75) is 13.0 Å². The molecule has 0 saturated heterocycles. The molecule has 1 amide bonds. The number of carboxylic acid groups (broad SMARTS) is 1. The summed E-state index contributed by atoms with van der Waals surface area (Å²) >= 11 is 0. The number of benzene rings is 2. The molecule has 5 nitrogen and oxygen atoms in total. The molecule has 0 radical (unpaired) electrons. The molecule has 0 spiro atoms. The fourth-order valence-corrected chi connectivity index (χ4v) is 3.24. The molecule has 0 saturated carbocycles. The smallest absolute Gasteiger partial charge is 0.407 e. The monoisotopic (exact) mass is 319 g/mol. The molecular formula is C19H17N3O2. The Labute approximate surface area is 139 Å². The molecule has 0 unspecified atom stereocenters. The van der Waals surface area contributed by atoms with E-state index in [1.807, 2.05) is 36.4 Å². The Morgan fingerprint density at radius 2 is 1.75 bits per heavy atom. The molecule has 1 aliphatic rings. The first kappa shape index (κ1) is 14.5. The van der Waals surface area contributed by atoms with Crippen molar-refractivity contribution in [2.24, 2.45) is 0 Å². The van der Waals surface area contributed by atoms with E-state index in [9.17, 15) is 9.90 Å². The minimum atomic E-state index is -0.885. The highest BCUT2D eigenvalue weighted by Gasteiger charge is 2.26. The van der Waals surface area contributed by atoms with Crippen molar-refractivity contribution in [3.05, 3.63) is 65.9 Å². The number of hydrogen-bond donors (Lipinski definition) is 2. The molecule has 24 heavy (non-hydrogen) atoms. The molecule has 1 aromatic heterocycles. The van der Waals surface area contributed by atoms with E-state index < -0.39 is 6.09 Å². The largest absolute Gasteiger partial charge is 0.465 e. The Kier molecular flexibility index (Phi) is 3.54. The highest BCUT2D eigenvalue weighted by atomic mass is 16.4. The number of aromatic amines is 1. The van der Waals surface area contributed by atoms with E-state index in [1.165, 1.54) is 4.90 Å². The fraction of sp³-hybridized carbons (Fsp3) is 0.158. The molecule has 1 aliphatic heterocycles. The Morgan fingerprint density at radius 3 is 2.50 bits per heavy atom. The highest BCUT2D eigenvalue weighted by Crippen LogP contribution is 2.35. The first-order chi connectivity index (χ1) is 11.7. The Morgan fingerprint density at radius 1 is 1.04 bits per heavy atom. The van der Waals surface area contributed by atoms with Crippen molar-refractivity contribution in [3.63, 3.8) is 0 Å². The van der Waals surface area contributed by atoms with Crippen molar-refractivity contribution in [1.29, 1.82) is 0 Å². The summed E-state index contributed by atoms with van der Waals surface area (Å²) in [5.41, 5.74) is 6.09. The lowest BCUT2D eigenvalue weighted by Crippen LogP contribution is -2.34. The minimum Gasteiger partial charge on any atom is -0.465 e. The molecule has 2 aromatic carbocycles. The van der Waals surface area contributed by atoms with Gasteiger partial charge in [-0.25, -0.2) is 4.79 Å². The topological polar surface area (TPSA) is 69.2 Å². The maximum atomic E-state index is 11.3. The van der Waals surface area contributed by atoms with Crippen molar-refractivity contribution in [2.75, 3.05) is 6.54 Å². The molecule has 0 fully saturated rings. The Balaban J connectivity index is 1.82. The zero-order valence-electron chi connectivity index (χ0n) is 13.1. The summed E-state index contributed by atoms with van der Waals surface area (Å²) in [6, 6.07) is 18.3. The first-order valence-electron chi connectivity index (χ1n) is 7.93. The van der Waals surface area contributed by atoms with Crippen LogP contribution in [-0.2, 0) is 13.0 Å². The third-order valence-corrected chi connectivity index (χ3v) is 4.47. The SMILES string of the molecule is O=C(O)N1CCc2[nH]nc(-c3ccccc3-c3ccccc3)c2C1. The molecule has 0 aliphatic carbocycles. The third-order valence-electron chi connectivity index (χ3n) is 4.47. The highest BCUT2D eigenvalue weighted by molar-refractivity contribution is 5.83. The molecule has 4 rings (SSSR count). The van der Waals surface area contributed by atoms with Gasteiger partial charge in [-0.05, 0) is 11.1 Å². The second-order valence-electron chi connectivity index (χ2n) is 5.90. The molecule has 5 heteroatoms. The number of nitrogens with zero attached hydrogens (tertiary/aromatic N) is 2. The van der Waals surface area contributed by atoms with E-state index in [4.69, 9.17) is 0 Å². The summed E-state index contributed by atoms with van der Waals surface area (Å²) in [6.45, 7) is 0.879. The van der Waals surface area contributed by atoms with Crippen molar-refractivity contribution >= 4 is 6.09 Å². The number of carbonyl (C=O) groups is 1. The number of rotatable bonds is 2. The van der Waals surface area contributed by atoms with Crippen LogP contribution in [0.2, 0.25) is 0 Å². The van der Waals surface area contributed by atoms with Gasteiger partial charge < -0.3 is 10.0 Å². The second-order valence-corrected chi connectivity index (χ2v) is 5.90. The van der Waals surface area contributed by atoms with Gasteiger partial charge in [-0.1, -0.05) is 54.6 Å². The number of fused-ring (bicyclic) bond motifs is 1. The predicted molar refractivity (Wildman–Crippen MR) is 91.6 cm³/mol. The third kappa shape index (κ3) is 2.44. The van der Waals surface area contributed by atoms with Crippen LogP contribution in [0, 0.1) is 0 Å². The Hall–Kier alpha value is -3.08. The lowest BCUT2D eigenvalue weighted by atomic mass is 9.94. The van der Waals surface area contributed by atoms with Crippen LogP contribution in [0.1, 0.15) is 11.3 Å². The van der Waals surface area contributed by atoms with E-state index in [-0.39, 0.29) is 0 Å². The van der Waals surface area contributed by atoms with Crippen LogP contribution in [0.25, 0.3) is 22.4 Å². The van der Waals surface area contributed by atoms with E-state index in [2.05, 4.69) is 28.4 Å². The van der Waals surface area contributed by atoms with Crippen molar-refractivity contribution in [3.8, 4) is 22.4 Å². The van der Waals surface area contributed by atoms with Crippen LogP contribution in [0.5, 0.6) is 0 Å². The number of aromatic nitrogens is 2. The summed E-state index contributed by atoms with van der Waals surface area (Å²) in [5, 5.41) is 16.9. The van der Waals surface area contributed by atoms with Crippen molar-refractivity contribution in [1.82, 2.24) is 15.1 Å². The summed E-state index contributed by atoms with van der Waals surface area (Å²) in [7, 11) is 0. The minimum absolute atomic E-state index is 0.375. The lowest BCUT2D eigenvalue weighted by molar-refractivity contribution is 0.140. The summed E-state index contributed by atoms with van der Waals surface area (Å²) in [4.78, 5) is 12.8. The van der Waals surface area contributed by atoms with Gasteiger partial charge in [0.25, 0.3) is 0 Å². The number of amides is 1. The summed E-state index contributed by atoms with van der Waals surface area (Å²) in [6.07, 6.45) is -0.216. The second kappa shape index (κ2) is 5.85. The number of H-pyrrole nitrogens is 1. The quantitative estimate of drug-likeness (QED) is 0.755. The van der Waals surface area contributed by atoms with Crippen LogP contribution in [0.3, 0.4) is 0 Å². The maximum absolute atomic E-state index is 11.3. The first-order valence-corrected chi connectivity index (χ1v) is 7.93. The van der Waals surface area contributed by atoms with Crippen LogP contribution < -0.4 is 0 Å². The molecule has 2 N–H and O–H groups in total. The fourth-order valence-electron chi connectivity index (χ4n) is 3.24. The van der Waals surface area contributed by atoms with Crippen LogP contribution in [0.4, 0.5) is 4.79 Å². The molecule has 0 bridgehead atoms. The van der Waals surface area contributed by atoms with Gasteiger partial charge in [-0.3, -0.25) is 5.10 Å². The van der Waals surface area contributed by atoms with Gasteiger partial charge in [0.15, 0.2) is 0 Å². The van der Waals surface area contributed by atoms with E-state index in [0.717, 1.165) is 33.6 Å². The average Bonchev–Trinajstić information content (AvgIpc) is 3.05. The zero-order chi connectivity index (χ0) is 16.5. The van der Waals surface area contributed by atoms with E-state index in [1.54, 1.807) is 0 Å². The Bertz CT molecular complexity index is 887. The van der Waals surface area contributed by atoms with Gasteiger partial charge in [-0.15, -0.1) is 0 Å². The van der Waals surface area contributed by atoms with Gasteiger partial charge in [0.2, 0.25) is 0 Å². The summed E-state index contributed by atoms with van der Waals surface area (Å²) in [5.74, 6) is 0. The molecule has 2 heterocycles. The zero-order valence-corrected chi connectivity index (χ0v) is 13.1. The standard InChI is InChI=1S/C19H17N3O2/c23-19(24)22-11-10-17-16(12-22)18(21-20-17)15-9-5-4-8-14(15)13-6-2-1-3-7-13/h1-9H,10-12H2,(H,20,21)(H,23,24). The molecule has 3 aromatic rings. The molecule has 0 atom stereocenters.